The van der Waals surface area contributed by atoms with Crippen molar-refractivity contribution in [3.8, 4) is 28.5 Å². The van der Waals surface area contributed by atoms with Crippen molar-refractivity contribution in [2.75, 3.05) is 5.73 Å². The number of fused-ring (bicyclic) bond motifs is 1. The number of benzene rings is 3. The molecule has 0 radical (unpaired) electrons. The number of halogens is 1. The molecular weight excluding hydrogens is 497 g/mol. The zero-order chi connectivity index (χ0) is 27.0. The van der Waals surface area contributed by atoms with Crippen LogP contribution < -0.4 is 15.2 Å². The molecule has 0 atom stereocenters. The van der Waals surface area contributed by atoms with Gasteiger partial charge in [0, 0.05) is 42.1 Å². The smallest absolute Gasteiger partial charge is 0.150 e. The number of rotatable bonds is 8. The van der Waals surface area contributed by atoms with E-state index in [4.69, 9.17) is 20.2 Å². The van der Waals surface area contributed by atoms with E-state index in [0.717, 1.165) is 17.0 Å². The van der Waals surface area contributed by atoms with Crippen molar-refractivity contribution in [3.63, 3.8) is 0 Å². The average Bonchev–Trinajstić information content (AvgIpc) is 3.31. The van der Waals surface area contributed by atoms with Crippen LogP contribution in [0.3, 0.4) is 0 Å². The van der Waals surface area contributed by atoms with E-state index < -0.39 is 11.4 Å². The maximum atomic E-state index is 14.3. The topological polar surface area (TPSA) is 104 Å². The molecule has 8 nitrogen and oxygen atoms in total. The first-order valence-corrected chi connectivity index (χ1v) is 12.6. The molecular formula is C30H26FN5O3. The van der Waals surface area contributed by atoms with E-state index in [1.54, 1.807) is 24.4 Å². The molecule has 2 aromatic heterocycles. The molecule has 2 N–H and O–H groups in total. The minimum absolute atomic E-state index is 0.102. The molecule has 5 aromatic rings. The molecule has 0 bridgehead atoms. The van der Waals surface area contributed by atoms with Crippen LogP contribution in [0, 0.1) is 10.7 Å². The van der Waals surface area contributed by atoms with Crippen LogP contribution in [-0.4, -0.2) is 19.9 Å². The third kappa shape index (κ3) is 4.90. The van der Waals surface area contributed by atoms with Gasteiger partial charge in [-0.25, -0.2) is 14.4 Å². The third-order valence-electron chi connectivity index (χ3n) is 7.02. The fourth-order valence-corrected chi connectivity index (χ4v) is 5.07. The summed E-state index contributed by atoms with van der Waals surface area (Å²) < 4.78 is 27.9. The van der Waals surface area contributed by atoms with Crippen molar-refractivity contribution < 1.29 is 13.9 Å². The molecule has 0 amide bonds. The lowest BCUT2D eigenvalue weighted by Gasteiger charge is -2.38. The van der Waals surface area contributed by atoms with E-state index in [0.29, 0.717) is 53.7 Å². The molecule has 1 fully saturated rings. The van der Waals surface area contributed by atoms with E-state index in [2.05, 4.69) is 10.2 Å². The Kier molecular flexibility index (Phi) is 6.18. The van der Waals surface area contributed by atoms with Crippen molar-refractivity contribution in [1.29, 1.82) is 0 Å². The Morgan fingerprint density at radius 2 is 1.79 bits per heavy atom. The molecule has 0 spiro atoms. The summed E-state index contributed by atoms with van der Waals surface area (Å²) in [6.45, 7) is 2.18. The zero-order valence-corrected chi connectivity index (χ0v) is 21.3. The highest BCUT2D eigenvalue weighted by atomic mass is 19.1. The van der Waals surface area contributed by atoms with E-state index in [1.165, 1.54) is 12.1 Å². The average molecular weight is 524 g/mol. The Morgan fingerprint density at radius 1 is 1.05 bits per heavy atom. The lowest BCUT2D eigenvalue weighted by Crippen LogP contribution is -2.38. The summed E-state index contributed by atoms with van der Waals surface area (Å²) in [7, 11) is 0. The molecule has 1 aliphatic carbocycles. The highest BCUT2D eigenvalue weighted by Gasteiger charge is 2.44. The summed E-state index contributed by atoms with van der Waals surface area (Å²) in [5, 5.41) is 3.27. The Labute approximate surface area is 224 Å². The van der Waals surface area contributed by atoms with Crippen LogP contribution >= 0.6 is 0 Å². The maximum absolute atomic E-state index is 14.3. The fourth-order valence-electron chi connectivity index (χ4n) is 5.07. The summed E-state index contributed by atoms with van der Waals surface area (Å²) >= 11 is 0. The Balaban J connectivity index is 1.23. The van der Waals surface area contributed by atoms with Gasteiger partial charge in [0.15, 0.2) is 0 Å². The number of nitrogen functional groups attached to an aromatic ring is 1. The Morgan fingerprint density at radius 3 is 2.54 bits per heavy atom. The summed E-state index contributed by atoms with van der Waals surface area (Å²) in [6, 6.07) is 21.3. The van der Waals surface area contributed by atoms with Crippen LogP contribution in [0.1, 0.15) is 37.1 Å². The summed E-state index contributed by atoms with van der Waals surface area (Å²) in [4.78, 5) is 20.3. The second kappa shape index (κ2) is 9.83. The van der Waals surface area contributed by atoms with E-state index in [1.807, 2.05) is 60.0 Å². The fraction of sp³-hybridized carbons (Fsp3) is 0.200. The molecule has 0 aliphatic heterocycles. The first kappa shape index (κ1) is 24.5. The first-order chi connectivity index (χ1) is 18.9. The van der Waals surface area contributed by atoms with Gasteiger partial charge in [0.2, 0.25) is 0 Å². The second-order valence-corrected chi connectivity index (χ2v) is 10.1. The lowest BCUT2D eigenvalue weighted by atomic mass is 9.70. The molecule has 9 heteroatoms. The number of ether oxygens (including phenoxy) is 2. The number of hydrogen-bond donors (Lipinski definition) is 1. The minimum atomic E-state index is -0.558. The Hall–Kier alpha value is -4.79. The number of nitroso groups, excluding NO2 is 1. The number of anilines is 1. The van der Waals surface area contributed by atoms with Gasteiger partial charge >= 0.3 is 0 Å². The van der Waals surface area contributed by atoms with Crippen molar-refractivity contribution in [2.45, 2.75) is 37.8 Å². The van der Waals surface area contributed by atoms with Gasteiger partial charge in [-0.05, 0) is 49.6 Å². The van der Waals surface area contributed by atoms with Crippen LogP contribution in [-0.2, 0) is 6.61 Å². The first-order valence-electron chi connectivity index (χ1n) is 12.6. The molecule has 1 aliphatic rings. The van der Waals surface area contributed by atoms with Crippen LogP contribution in [0.5, 0.6) is 17.2 Å². The minimum Gasteiger partial charge on any atom is -0.489 e. The van der Waals surface area contributed by atoms with Crippen molar-refractivity contribution in [1.82, 2.24) is 14.4 Å². The van der Waals surface area contributed by atoms with Crippen molar-refractivity contribution >= 4 is 11.3 Å². The summed E-state index contributed by atoms with van der Waals surface area (Å²) in [5.74, 6) is 2.07. The Bertz CT molecular complexity index is 1650. The lowest BCUT2D eigenvalue weighted by molar-refractivity contribution is 0.222. The van der Waals surface area contributed by atoms with E-state index >= 15 is 0 Å². The second-order valence-electron chi connectivity index (χ2n) is 10.1. The van der Waals surface area contributed by atoms with E-state index in [-0.39, 0.29) is 5.92 Å². The highest BCUT2D eigenvalue weighted by Crippen LogP contribution is 2.47. The number of hydrogen-bond acceptors (Lipinski definition) is 7. The van der Waals surface area contributed by atoms with Crippen LogP contribution in [0.15, 0.2) is 90.4 Å². The molecule has 196 valence electrons. The standard InChI is InChI=1S/C30H26FN5O3/c1-30(35-37)16-21(17-30)29-34-26(27-28(32)33-11-12-36(27)29)20-7-9-23(10-8-20)39-25-14-22(31)13-24(15-25)38-18-19-5-3-2-4-6-19/h2-15,21H,16-18H2,1H3,(H2,32,33). The monoisotopic (exact) mass is 523 g/mol. The molecule has 6 rings (SSSR count). The van der Waals surface area contributed by atoms with Crippen LogP contribution in [0.25, 0.3) is 16.8 Å². The summed E-state index contributed by atoms with van der Waals surface area (Å²) in [6.07, 6.45) is 4.74. The number of nitrogens with zero attached hydrogens (tertiary/aromatic N) is 4. The predicted octanol–water partition coefficient (Wildman–Crippen LogP) is 6.89. The van der Waals surface area contributed by atoms with Gasteiger partial charge in [0.25, 0.3) is 0 Å². The highest BCUT2D eigenvalue weighted by molar-refractivity contribution is 5.85. The number of imidazole rings is 1. The van der Waals surface area contributed by atoms with Gasteiger partial charge < -0.3 is 15.2 Å². The molecule has 39 heavy (non-hydrogen) atoms. The largest absolute Gasteiger partial charge is 0.489 e. The van der Waals surface area contributed by atoms with Gasteiger partial charge in [-0.2, -0.15) is 4.91 Å². The zero-order valence-electron chi connectivity index (χ0n) is 21.3. The van der Waals surface area contributed by atoms with Crippen LogP contribution in [0.2, 0.25) is 0 Å². The summed E-state index contributed by atoms with van der Waals surface area (Å²) in [5.41, 5.74) is 8.91. The van der Waals surface area contributed by atoms with Gasteiger partial charge in [-0.15, -0.1) is 0 Å². The number of aromatic nitrogens is 3. The van der Waals surface area contributed by atoms with Crippen molar-refractivity contribution in [2.24, 2.45) is 5.18 Å². The quantitative estimate of drug-likeness (QED) is 0.222. The molecule has 3 aromatic carbocycles. The number of nitrogens with two attached hydrogens (primary N) is 1. The van der Waals surface area contributed by atoms with Gasteiger partial charge in [0.05, 0.1) is 0 Å². The normalized spacial score (nSPS) is 18.5. The van der Waals surface area contributed by atoms with Gasteiger partial charge in [0.1, 0.15) is 58.1 Å². The van der Waals surface area contributed by atoms with Crippen molar-refractivity contribution in [3.05, 3.63) is 107 Å². The molecule has 0 unspecified atom stereocenters. The van der Waals surface area contributed by atoms with E-state index in [9.17, 15) is 9.30 Å². The maximum Gasteiger partial charge on any atom is 0.150 e. The molecule has 0 saturated heterocycles. The SMILES string of the molecule is CC1(N=O)CC(c2nc(-c3ccc(Oc4cc(F)cc(OCc5ccccc5)c4)cc3)c3c(N)nccn23)C1. The third-order valence-corrected chi connectivity index (χ3v) is 7.02. The van der Waals surface area contributed by atoms with Crippen LogP contribution in [0.4, 0.5) is 10.2 Å². The van der Waals surface area contributed by atoms with Gasteiger partial charge in [-0.3, -0.25) is 4.40 Å². The molecule has 1 saturated carbocycles. The predicted molar refractivity (Wildman–Crippen MR) is 146 cm³/mol. The molecule has 2 heterocycles. The van der Waals surface area contributed by atoms with Gasteiger partial charge in [-0.1, -0.05) is 35.5 Å².